The molecule has 2 heteroatoms. The zero-order chi connectivity index (χ0) is 16.0. The van der Waals surface area contributed by atoms with Gasteiger partial charge in [0.15, 0.2) is 0 Å². The van der Waals surface area contributed by atoms with Crippen LogP contribution in [0, 0.1) is 0 Å². The first-order valence-corrected chi connectivity index (χ1v) is 7.92. The summed E-state index contributed by atoms with van der Waals surface area (Å²) in [5.74, 6) is 0.666. The molecule has 0 aliphatic carbocycles. The molecule has 0 radical (unpaired) electrons. The van der Waals surface area contributed by atoms with Crippen LogP contribution in [0.4, 0.5) is 0 Å². The van der Waals surface area contributed by atoms with E-state index in [-0.39, 0.29) is 5.97 Å². The van der Waals surface area contributed by atoms with E-state index in [2.05, 4.69) is 46.8 Å². The van der Waals surface area contributed by atoms with Crippen LogP contribution in [0.2, 0.25) is 0 Å². The van der Waals surface area contributed by atoms with Gasteiger partial charge in [-0.05, 0) is 53.5 Å². The van der Waals surface area contributed by atoms with Crippen molar-refractivity contribution >= 4 is 12.0 Å². The summed E-state index contributed by atoms with van der Waals surface area (Å²) in [5.41, 5.74) is 5.31. The number of ether oxygens (including phenoxy) is 1. The van der Waals surface area contributed by atoms with Crippen molar-refractivity contribution in [2.75, 3.05) is 6.61 Å². The summed E-state index contributed by atoms with van der Waals surface area (Å²) in [7, 11) is 0. The molecule has 0 aliphatic rings. The van der Waals surface area contributed by atoms with Crippen LogP contribution in [0.25, 0.3) is 6.08 Å². The first kappa shape index (κ1) is 17.5. The van der Waals surface area contributed by atoms with Crippen molar-refractivity contribution in [2.24, 2.45) is 0 Å². The maximum absolute atomic E-state index is 11.5. The summed E-state index contributed by atoms with van der Waals surface area (Å²) >= 11 is 0. The van der Waals surface area contributed by atoms with E-state index < -0.39 is 0 Å². The monoisotopic (exact) mass is 288 g/mol. The molecule has 2 nitrogen and oxygen atoms in total. The fraction of sp³-hybridized carbons (Fsp3) is 0.526. The van der Waals surface area contributed by atoms with E-state index in [1.807, 2.05) is 13.0 Å². The maximum atomic E-state index is 11.5. The van der Waals surface area contributed by atoms with Crippen molar-refractivity contribution in [1.82, 2.24) is 0 Å². The Balaban J connectivity index is 3.30. The van der Waals surface area contributed by atoms with Gasteiger partial charge in [-0.25, -0.2) is 4.79 Å². The van der Waals surface area contributed by atoms with Crippen molar-refractivity contribution in [3.8, 4) is 0 Å². The third-order valence-electron chi connectivity index (χ3n) is 3.67. The minimum Gasteiger partial charge on any atom is -0.463 e. The van der Waals surface area contributed by atoms with Crippen LogP contribution in [0.5, 0.6) is 0 Å². The van der Waals surface area contributed by atoms with E-state index in [9.17, 15) is 4.79 Å². The summed E-state index contributed by atoms with van der Waals surface area (Å²) in [6, 6.07) is 4.32. The minimum absolute atomic E-state index is 0.279. The van der Waals surface area contributed by atoms with Gasteiger partial charge in [0.1, 0.15) is 0 Å². The predicted molar refractivity (Wildman–Crippen MR) is 89.7 cm³/mol. The van der Waals surface area contributed by atoms with Gasteiger partial charge in [0.2, 0.25) is 0 Å². The van der Waals surface area contributed by atoms with Crippen LogP contribution in [0.3, 0.4) is 0 Å². The third-order valence-corrected chi connectivity index (χ3v) is 3.67. The Kier molecular flexibility index (Phi) is 6.67. The highest BCUT2D eigenvalue weighted by molar-refractivity contribution is 5.87. The van der Waals surface area contributed by atoms with Crippen molar-refractivity contribution in [3.05, 3.63) is 40.5 Å². The quantitative estimate of drug-likeness (QED) is 0.539. The number of rotatable bonds is 6. The molecule has 0 amide bonds. The summed E-state index contributed by atoms with van der Waals surface area (Å²) in [5, 5.41) is 0. The molecule has 0 unspecified atom stereocenters. The second-order valence-electron chi connectivity index (χ2n) is 5.88. The number of carbonyl (C=O) groups is 1. The van der Waals surface area contributed by atoms with Crippen molar-refractivity contribution in [3.63, 3.8) is 0 Å². The average Bonchev–Trinajstić information content (AvgIpc) is 2.43. The van der Waals surface area contributed by atoms with Gasteiger partial charge in [0.05, 0.1) is 6.61 Å². The van der Waals surface area contributed by atoms with Gasteiger partial charge < -0.3 is 4.74 Å². The molecule has 0 saturated heterocycles. The van der Waals surface area contributed by atoms with Gasteiger partial charge in [-0.3, -0.25) is 0 Å². The predicted octanol–water partition coefficient (Wildman–Crippen LogP) is 5.07. The highest BCUT2D eigenvalue weighted by Gasteiger charge is 2.15. The minimum atomic E-state index is -0.279. The van der Waals surface area contributed by atoms with Gasteiger partial charge in [0, 0.05) is 6.08 Å². The molecular formula is C19H28O2. The second kappa shape index (κ2) is 8.02. The lowest BCUT2D eigenvalue weighted by atomic mass is 9.84. The van der Waals surface area contributed by atoms with Crippen molar-refractivity contribution in [2.45, 2.75) is 59.8 Å². The topological polar surface area (TPSA) is 26.3 Å². The lowest BCUT2D eigenvalue weighted by Crippen LogP contribution is -2.05. The molecule has 0 atom stereocenters. The van der Waals surface area contributed by atoms with E-state index in [4.69, 9.17) is 4.74 Å². The maximum Gasteiger partial charge on any atom is 0.330 e. The van der Waals surface area contributed by atoms with Gasteiger partial charge in [-0.1, -0.05) is 46.8 Å². The Morgan fingerprint density at radius 1 is 1.14 bits per heavy atom. The van der Waals surface area contributed by atoms with E-state index in [0.717, 1.165) is 12.0 Å². The highest BCUT2D eigenvalue weighted by atomic mass is 16.5. The van der Waals surface area contributed by atoms with Crippen LogP contribution in [-0.4, -0.2) is 12.6 Å². The standard InChI is InChI=1S/C19H28O2/c1-7-16-17(13(3)4)11-9-15(19(16)14(5)6)10-12-18(20)21-8-2/h9-14H,7-8H2,1-6H3. The molecule has 1 aromatic rings. The third kappa shape index (κ3) is 4.45. The van der Waals surface area contributed by atoms with Gasteiger partial charge in [0.25, 0.3) is 0 Å². The SMILES string of the molecule is CCOC(=O)C=Cc1ccc(C(C)C)c(CC)c1C(C)C. The second-order valence-corrected chi connectivity index (χ2v) is 5.88. The largest absolute Gasteiger partial charge is 0.463 e. The molecule has 1 aromatic carbocycles. The van der Waals surface area contributed by atoms with Crippen LogP contribution >= 0.6 is 0 Å². The Bertz CT molecular complexity index is 511. The Morgan fingerprint density at radius 3 is 2.29 bits per heavy atom. The Hall–Kier alpha value is -1.57. The van der Waals surface area contributed by atoms with Gasteiger partial charge in [-0.2, -0.15) is 0 Å². The molecular weight excluding hydrogens is 260 g/mol. The molecule has 116 valence electrons. The zero-order valence-corrected chi connectivity index (χ0v) is 14.2. The molecule has 0 aliphatic heterocycles. The molecule has 21 heavy (non-hydrogen) atoms. The number of esters is 1. The summed E-state index contributed by atoms with van der Waals surface area (Å²) in [6.45, 7) is 13.3. The fourth-order valence-electron chi connectivity index (χ4n) is 2.81. The van der Waals surface area contributed by atoms with Crippen LogP contribution in [-0.2, 0) is 16.0 Å². The fourth-order valence-corrected chi connectivity index (χ4v) is 2.81. The molecule has 0 saturated carbocycles. The van der Waals surface area contributed by atoms with E-state index in [0.29, 0.717) is 18.4 Å². The number of benzene rings is 1. The normalized spacial score (nSPS) is 11.6. The van der Waals surface area contributed by atoms with Crippen molar-refractivity contribution in [1.29, 1.82) is 0 Å². The highest BCUT2D eigenvalue weighted by Crippen LogP contribution is 2.31. The number of hydrogen-bond donors (Lipinski definition) is 0. The Morgan fingerprint density at radius 2 is 1.81 bits per heavy atom. The smallest absolute Gasteiger partial charge is 0.330 e. The molecule has 0 heterocycles. The van der Waals surface area contributed by atoms with Crippen LogP contribution in [0.15, 0.2) is 18.2 Å². The van der Waals surface area contributed by atoms with E-state index in [1.165, 1.54) is 22.8 Å². The lowest BCUT2D eigenvalue weighted by molar-refractivity contribution is -0.137. The van der Waals surface area contributed by atoms with Gasteiger partial charge in [-0.15, -0.1) is 0 Å². The molecule has 0 fully saturated rings. The molecule has 0 aromatic heterocycles. The number of hydrogen-bond acceptors (Lipinski definition) is 2. The summed E-state index contributed by atoms with van der Waals surface area (Å²) in [4.78, 5) is 11.5. The summed E-state index contributed by atoms with van der Waals surface area (Å²) < 4.78 is 4.96. The molecule has 0 spiro atoms. The van der Waals surface area contributed by atoms with E-state index >= 15 is 0 Å². The zero-order valence-electron chi connectivity index (χ0n) is 14.2. The van der Waals surface area contributed by atoms with Crippen molar-refractivity contribution < 1.29 is 9.53 Å². The van der Waals surface area contributed by atoms with Gasteiger partial charge >= 0.3 is 5.97 Å². The molecule has 1 rings (SSSR count). The first-order valence-electron chi connectivity index (χ1n) is 7.92. The van der Waals surface area contributed by atoms with Crippen LogP contribution < -0.4 is 0 Å². The first-order chi connectivity index (χ1) is 9.92. The van der Waals surface area contributed by atoms with E-state index in [1.54, 1.807) is 0 Å². The Labute approximate surface area is 129 Å². The molecule has 0 N–H and O–H groups in total. The summed E-state index contributed by atoms with van der Waals surface area (Å²) in [6.07, 6.45) is 4.43. The average molecular weight is 288 g/mol. The van der Waals surface area contributed by atoms with Crippen LogP contribution in [0.1, 0.15) is 75.6 Å². The lowest BCUT2D eigenvalue weighted by Gasteiger charge is -2.21. The molecule has 0 bridgehead atoms. The number of carbonyl (C=O) groups excluding carboxylic acids is 1.